The van der Waals surface area contributed by atoms with Crippen LogP contribution in [-0.2, 0) is 9.53 Å². The number of hydrogen-bond acceptors (Lipinski definition) is 7. The normalized spacial score (nSPS) is 20.1. The van der Waals surface area contributed by atoms with Crippen LogP contribution in [-0.4, -0.2) is 59.7 Å². The molecule has 1 atom stereocenters. The summed E-state index contributed by atoms with van der Waals surface area (Å²) in [6.07, 6.45) is 8.17. The molecule has 8 nitrogen and oxygen atoms in total. The van der Waals surface area contributed by atoms with E-state index < -0.39 is 0 Å². The lowest BCUT2D eigenvalue weighted by atomic mass is 9.96. The monoisotopic (exact) mass is 382 g/mol. The highest BCUT2D eigenvalue weighted by molar-refractivity contribution is 5.81. The van der Waals surface area contributed by atoms with Crippen molar-refractivity contribution in [3.05, 3.63) is 42.5 Å². The lowest BCUT2D eigenvalue weighted by Crippen LogP contribution is -2.40. The largest absolute Gasteiger partial charge is 0.381 e. The summed E-state index contributed by atoms with van der Waals surface area (Å²) in [7, 11) is 0. The van der Waals surface area contributed by atoms with Gasteiger partial charge < -0.3 is 20.3 Å². The van der Waals surface area contributed by atoms with E-state index in [2.05, 4.69) is 25.5 Å². The topological polar surface area (TPSA) is 92.3 Å². The summed E-state index contributed by atoms with van der Waals surface area (Å²) in [5, 5.41) is 6.17. The first-order valence-electron chi connectivity index (χ1n) is 9.87. The number of amides is 1. The smallest absolute Gasteiger partial charge is 0.239 e. The number of rotatable bonds is 6. The summed E-state index contributed by atoms with van der Waals surface area (Å²) >= 11 is 0. The van der Waals surface area contributed by atoms with Gasteiger partial charge in [0, 0.05) is 62.5 Å². The van der Waals surface area contributed by atoms with Crippen molar-refractivity contribution in [2.75, 3.05) is 43.1 Å². The highest BCUT2D eigenvalue weighted by Crippen LogP contribution is 2.26. The molecule has 2 fully saturated rings. The first-order valence-corrected chi connectivity index (χ1v) is 9.87. The van der Waals surface area contributed by atoms with Crippen molar-refractivity contribution < 1.29 is 9.53 Å². The van der Waals surface area contributed by atoms with E-state index in [1.165, 1.54) is 0 Å². The lowest BCUT2D eigenvalue weighted by Gasteiger charge is -2.23. The molecule has 0 bridgehead atoms. The molecule has 2 aromatic heterocycles. The number of anilines is 2. The van der Waals surface area contributed by atoms with Crippen LogP contribution in [0, 0.1) is 0 Å². The first kappa shape index (κ1) is 18.6. The molecule has 1 amide bonds. The van der Waals surface area contributed by atoms with Gasteiger partial charge in [0.2, 0.25) is 11.9 Å². The van der Waals surface area contributed by atoms with Crippen molar-refractivity contribution in [3.63, 3.8) is 0 Å². The average molecular weight is 382 g/mol. The van der Waals surface area contributed by atoms with Crippen molar-refractivity contribution >= 4 is 17.5 Å². The molecule has 2 saturated heterocycles. The summed E-state index contributed by atoms with van der Waals surface area (Å²) in [5.74, 6) is 1.19. The summed E-state index contributed by atoms with van der Waals surface area (Å²) < 4.78 is 5.45. The fourth-order valence-corrected chi connectivity index (χ4v) is 3.72. The molecular weight excluding hydrogens is 356 g/mol. The van der Waals surface area contributed by atoms with Crippen LogP contribution in [0.3, 0.4) is 0 Å². The van der Waals surface area contributed by atoms with Gasteiger partial charge in [-0.3, -0.25) is 9.78 Å². The maximum Gasteiger partial charge on any atom is 0.239 e. The highest BCUT2D eigenvalue weighted by atomic mass is 16.5. The van der Waals surface area contributed by atoms with Crippen molar-refractivity contribution in [1.82, 2.24) is 20.3 Å². The van der Waals surface area contributed by atoms with Gasteiger partial charge in [0.15, 0.2) is 0 Å². The molecule has 0 spiro atoms. The molecule has 1 unspecified atom stereocenters. The van der Waals surface area contributed by atoms with E-state index in [-0.39, 0.29) is 18.5 Å². The molecule has 0 aliphatic carbocycles. The van der Waals surface area contributed by atoms with Crippen LogP contribution in [0.4, 0.5) is 11.6 Å². The zero-order chi connectivity index (χ0) is 19.2. The lowest BCUT2D eigenvalue weighted by molar-refractivity contribution is -0.119. The van der Waals surface area contributed by atoms with Crippen molar-refractivity contribution in [2.45, 2.75) is 31.2 Å². The van der Waals surface area contributed by atoms with E-state index in [1.54, 1.807) is 12.4 Å². The first-order chi connectivity index (χ1) is 13.8. The second-order valence-electron chi connectivity index (χ2n) is 7.26. The van der Waals surface area contributed by atoms with E-state index in [0.717, 1.165) is 62.9 Å². The molecular formula is C20H26N6O2. The zero-order valence-corrected chi connectivity index (χ0v) is 15.9. The van der Waals surface area contributed by atoms with Crippen molar-refractivity contribution in [1.29, 1.82) is 0 Å². The van der Waals surface area contributed by atoms with Gasteiger partial charge in [-0.05, 0) is 37.5 Å². The minimum atomic E-state index is -0.0208. The summed E-state index contributed by atoms with van der Waals surface area (Å²) in [4.78, 5) is 27.7. The second-order valence-corrected chi connectivity index (χ2v) is 7.26. The number of aromatic nitrogens is 3. The molecule has 0 aromatic carbocycles. The summed E-state index contributed by atoms with van der Waals surface area (Å²) in [6, 6.07) is 5.85. The number of ether oxygens (including phenoxy) is 1. The van der Waals surface area contributed by atoms with Gasteiger partial charge in [-0.2, -0.15) is 0 Å². The highest BCUT2D eigenvalue weighted by Gasteiger charge is 2.26. The maximum atomic E-state index is 12.2. The Hall–Kier alpha value is -2.74. The van der Waals surface area contributed by atoms with E-state index >= 15 is 0 Å². The van der Waals surface area contributed by atoms with Crippen LogP contribution in [0.1, 0.15) is 30.9 Å². The Morgan fingerprint density at radius 1 is 1.21 bits per heavy atom. The number of nitrogens with one attached hydrogen (secondary N) is 2. The van der Waals surface area contributed by atoms with Gasteiger partial charge in [-0.1, -0.05) is 0 Å². The van der Waals surface area contributed by atoms with Crippen LogP contribution in [0.25, 0.3) is 0 Å². The number of carbonyl (C=O) groups excluding carboxylic acids is 1. The SMILES string of the molecule is O=C(CNc1cccnc1)NC1CCN(c2nccc(C3CCOCC3)n2)C1. The molecule has 2 aliphatic rings. The predicted octanol–water partition coefficient (Wildman–Crippen LogP) is 1.57. The Bertz CT molecular complexity index is 781. The maximum absolute atomic E-state index is 12.2. The summed E-state index contributed by atoms with van der Waals surface area (Å²) in [5.41, 5.74) is 1.94. The van der Waals surface area contributed by atoms with Gasteiger partial charge in [0.1, 0.15) is 0 Å². The second kappa shape index (κ2) is 8.97. The molecule has 2 aromatic rings. The van der Waals surface area contributed by atoms with Crippen LogP contribution < -0.4 is 15.5 Å². The fraction of sp³-hybridized carbons (Fsp3) is 0.500. The van der Waals surface area contributed by atoms with Gasteiger partial charge in [0.25, 0.3) is 0 Å². The van der Waals surface area contributed by atoms with E-state index in [4.69, 9.17) is 9.72 Å². The van der Waals surface area contributed by atoms with Gasteiger partial charge >= 0.3 is 0 Å². The van der Waals surface area contributed by atoms with Gasteiger partial charge in [0.05, 0.1) is 12.2 Å². The van der Waals surface area contributed by atoms with Crippen LogP contribution in [0.2, 0.25) is 0 Å². The molecule has 8 heteroatoms. The van der Waals surface area contributed by atoms with Gasteiger partial charge in [-0.15, -0.1) is 0 Å². The fourth-order valence-electron chi connectivity index (χ4n) is 3.72. The third-order valence-electron chi connectivity index (χ3n) is 5.25. The third-order valence-corrected chi connectivity index (χ3v) is 5.25. The van der Waals surface area contributed by atoms with Crippen molar-refractivity contribution in [2.24, 2.45) is 0 Å². The van der Waals surface area contributed by atoms with E-state index in [0.29, 0.717) is 5.92 Å². The molecule has 2 N–H and O–H groups in total. The number of hydrogen-bond donors (Lipinski definition) is 2. The Morgan fingerprint density at radius 3 is 2.93 bits per heavy atom. The molecule has 2 aliphatic heterocycles. The molecule has 4 heterocycles. The molecule has 28 heavy (non-hydrogen) atoms. The Morgan fingerprint density at radius 2 is 2.11 bits per heavy atom. The Kier molecular flexibility index (Phi) is 5.96. The third kappa shape index (κ3) is 4.75. The van der Waals surface area contributed by atoms with E-state index in [9.17, 15) is 4.79 Å². The minimum absolute atomic E-state index is 0.0208. The minimum Gasteiger partial charge on any atom is -0.381 e. The zero-order valence-electron chi connectivity index (χ0n) is 15.9. The van der Waals surface area contributed by atoms with E-state index in [1.807, 2.05) is 24.4 Å². The summed E-state index contributed by atoms with van der Waals surface area (Å²) in [6.45, 7) is 3.41. The quantitative estimate of drug-likeness (QED) is 0.783. The predicted molar refractivity (Wildman–Crippen MR) is 106 cm³/mol. The van der Waals surface area contributed by atoms with Crippen LogP contribution in [0.15, 0.2) is 36.8 Å². The van der Waals surface area contributed by atoms with Crippen LogP contribution >= 0.6 is 0 Å². The Balaban J connectivity index is 1.28. The molecule has 0 radical (unpaired) electrons. The number of nitrogens with zero attached hydrogens (tertiary/aromatic N) is 4. The molecule has 148 valence electrons. The number of carbonyl (C=O) groups is 1. The Labute approximate surface area is 164 Å². The number of pyridine rings is 1. The van der Waals surface area contributed by atoms with Crippen molar-refractivity contribution in [3.8, 4) is 0 Å². The molecule has 4 rings (SSSR count). The standard InChI is InChI=1S/C20H26N6O2/c27-19(13-23-16-2-1-7-21-12-16)24-17-4-9-26(14-17)20-22-8-3-18(25-20)15-5-10-28-11-6-15/h1-3,7-8,12,15,17,23H,4-6,9-11,13-14H2,(H,24,27). The average Bonchev–Trinajstić information content (AvgIpc) is 3.22. The van der Waals surface area contributed by atoms with Crippen LogP contribution in [0.5, 0.6) is 0 Å². The molecule has 0 saturated carbocycles. The van der Waals surface area contributed by atoms with Gasteiger partial charge in [-0.25, -0.2) is 9.97 Å².